The first kappa shape index (κ1) is 13.2. The van der Waals surface area contributed by atoms with Crippen molar-refractivity contribution in [2.75, 3.05) is 12.4 Å². The fraction of sp³-hybridized carbons (Fsp3) is 0.692. The molecule has 0 aromatic carbocycles. The molecule has 100 valence electrons. The van der Waals surface area contributed by atoms with Crippen molar-refractivity contribution in [1.29, 1.82) is 0 Å². The number of hydrogen-bond acceptors (Lipinski definition) is 5. The lowest BCUT2D eigenvalue weighted by atomic mass is 9.92. The summed E-state index contributed by atoms with van der Waals surface area (Å²) in [5.74, 6) is 1.45. The van der Waals surface area contributed by atoms with Gasteiger partial charge in [-0.25, -0.2) is 9.97 Å². The molecule has 0 radical (unpaired) electrons. The minimum atomic E-state index is -0.278. The molecule has 1 heterocycles. The molecule has 5 nitrogen and oxygen atoms in total. The molecule has 1 aliphatic carbocycles. The summed E-state index contributed by atoms with van der Waals surface area (Å²) in [4.78, 5) is 8.69. The number of rotatable bonds is 4. The van der Waals surface area contributed by atoms with Crippen LogP contribution in [-0.2, 0) is 11.3 Å². The quantitative estimate of drug-likeness (QED) is 0.851. The van der Waals surface area contributed by atoms with Gasteiger partial charge in [0.05, 0.1) is 12.1 Å². The van der Waals surface area contributed by atoms with Gasteiger partial charge >= 0.3 is 0 Å². The number of aromatic nitrogens is 2. The lowest BCUT2D eigenvalue weighted by Crippen LogP contribution is -2.36. The Morgan fingerprint density at radius 1 is 1.39 bits per heavy atom. The van der Waals surface area contributed by atoms with E-state index in [2.05, 4.69) is 15.3 Å². The van der Waals surface area contributed by atoms with Crippen molar-refractivity contribution in [2.24, 2.45) is 0 Å². The van der Waals surface area contributed by atoms with Crippen LogP contribution in [0.4, 0.5) is 5.82 Å². The van der Waals surface area contributed by atoms with Gasteiger partial charge in [-0.3, -0.25) is 0 Å². The molecule has 1 saturated carbocycles. The van der Waals surface area contributed by atoms with E-state index in [-0.39, 0.29) is 12.1 Å². The smallest absolute Gasteiger partial charge is 0.156 e. The minimum absolute atomic E-state index is 0.100. The van der Waals surface area contributed by atoms with Crippen LogP contribution >= 0.6 is 0 Å². The molecule has 2 N–H and O–H groups in total. The Morgan fingerprint density at radius 3 is 2.89 bits per heavy atom. The maximum Gasteiger partial charge on any atom is 0.156 e. The SMILES string of the molecule is COCc1nc(C)cc(N[C@H]2CCCC[C@@H]2O)n1. The second-order valence-electron chi connectivity index (χ2n) is 4.85. The topological polar surface area (TPSA) is 67.3 Å². The molecule has 0 unspecified atom stereocenters. The Balaban J connectivity index is 2.07. The van der Waals surface area contributed by atoms with Gasteiger partial charge in [0.2, 0.25) is 0 Å². The monoisotopic (exact) mass is 251 g/mol. The first-order valence-electron chi connectivity index (χ1n) is 6.47. The fourth-order valence-electron chi connectivity index (χ4n) is 2.37. The number of nitrogens with one attached hydrogen (secondary N) is 1. The van der Waals surface area contributed by atoms with Crippen molar-refractivity contribution in [1.82, 2.24) is 9.97 Å². The van der Waals surface area contributed by atoms with E-state index < -0.39 is 0 Å². The van der Waals surface area contributed by atoms with Crippen molar-refractivity contribution >= 4 is 5.82 Å². The van der Waals surface area contributed by atoms with Crippen LogP contribution in [0.15, 0.2) is 6.07 Å². The first-order valence-corrected chi connectivity index (χ1v) is 6.47. The van der Waals surface area contributed by atoms with Crippen LogP contribution < -0.4 is 5.32 Å². The summed E-state index contributed by atoms with van der Waals surface area (Å²) in [5, 5.41) is 13.3. The summed E-state index contributed by atoms with van der Waals surface area (Å²) in [6, 6.07) is 2.00. The Kier molecular flexibility index (Phi) is 4.49. The molecular weight excluding hydrogens is 230 g/mol. The van der Waals surface area contributed by atoms with Gasteiger partial charge < -0.3 is 15.2 Å². The number of aryl methyl sites for hydroxylation is 1. The third kappa shape index (κ3) is 3.40. The number of nitrogens with zero attached hydrogens (tertiary/aromatic N) is 2. The number of anilines is 1. The molecule has 0 amide bonds. The third-order valence-electron chi connectivity index (χ3n) is 3.24. The van der Waals surface area contributed by atoms with Gasteiger partial charge in [0.1, 0.15) is 12.4 Å². The van der Waals surface area contributed by atoms with E-state index in [4.69, 9.17) is 4.74 Å². The standard InChI is InChI=1S/C13H21N3O2/c1-9-7-12(16-13(14-9)8-18-2)15-10-5-3-4-6-11(10)17/h7,10-11,17H,3-6,8H2,1-2H3,(H,14,15,16)/t10-,11-/m0/s1. The predicted octanol–water partition coefficient (Wildman–Crippen LogP) is 1.65. The van der Waals surface area contributed by atoms with Crippen LogP contribution in [0.3, 0.4) is 0 Å². The predicted molar refractivity (Wildman–Crippen MR) is 69.4 cm³/mol. The highest BCUT2D eigenvalue weighted by Gasteiger charge is 2.23. The van der Waals surface area contributed by atoms with E-state index in [1.54, 1.807) is 7.11 Å². The van der Waals surface area contributed by atoms with E-state index in [0.717, 1.165) is 37.2 Å². The molecule has 1 aromatic rings. The summed E-state index contributed by atoms with van der Waals surface area (Å²) < 4.78 is 5.05. The van der Waals surface area contributed by atoms with Crippen molar-refractivity contribution in [2.45, 2.75) is 51.4 Å². The lowest BCUT2D eigenvalue weighted by Gasteiger charge is -2.28. The summed E-state index contributed by atoms with van der Waals surface area (Å²) >= 11 is 0. The van der Waals surface area contributed by atoms with E-state index in [0.29, 0.717) is 12.4 Å². The molecule has 1 aliphatic rings. The Hall–Kier alpha value is -1.20. The fourth-order valence-corrected chi connectivity index (χ4v) is 2.37. The van der Waals surface area contributed by atoms with Crippen LogP contribution in [0.25, 0.3) is 0 Å². The van der Waals surface area contributed by atoms with E-state index >= 15 is 0 Å². The molecule has 0 saturated heterocycles. The van der Waals surface area contributed by atoms with Gasteiger partial charge in [-0.15, -0.1) is 0 Å². The molecular formula is C13H21N3O2. The lowest BCUT2D eigenvalue weighted by molar-refractivity contribution is 0.116. The average Bonchev–Trinajstić information content (AvgIpc) is 2.32. The van der Waals surface area contributed by atoms with Gasteiger partial charge in [0.15, 0.2) is 5.82 Å². The Labute approximate surface area is 108 Å². The van der Waals surface area contributed by atoms with Crippen LogP contribution in [0, 0.1) is 6.92 Å². The van der Waals surface area contributed by atoms with E-state index in [1.165, 1.54) is 0 Å². The normalized spacial score (nSPS) is 23.9. The second-order valence-corrected chi connectivity index (χ2v) is 4.85. The molecule has 5 heteroatoms. The highest BCUT2D eigenvalue weighted by molar-refractivity contribution is 5.37. The van der Waals surface area contributed by atoms with E-state index in [9.17, 15) is 5.11 Å². The summed E-state index contributed by atoms with van der Waals surface area (Å²) in [6.07, 6.45) is 3.84. The molecule has 2 rings (SSSR count). The van der Waals surface area contributed by atoms with Gasteiger partial charge in [-0.1, -0.05) is 12.8 Å². The summed E-state index contributed by atoms with van der Waals surface area (Å²) in [7, 11) is 1.63. The molecule has 1 fully saturated rings. The zero-order chi connectivity index (χ0) is 13.0. The first-order chi connectivity index (χ1) is 8.69. The highest BCUT2D eigenvalue weighted by Crippen LogP contribution is 2.21. The van der Waals surface area contributed by atoms with Crippen molar-refractivity contribution < 1.29 is 9.84 Å². The van der Waals surface area contributed by atoms with Gasteiger partial charge in [0, 0.05) is 18.9 Å². The molecule has 0 bridgehead atoms. The van der Waals surface area contributed by atoms with Crippen molar-refractivity contribution in [3.05, 3.63) is 17.6 Å². The summed E-state index contributed by atoms with van der Waals surface area (Å²) in [5.41, 5.74) is 0.907. The number of methoxy groups -OCH3 is 1. The number of hydrogen-bond donors (Lipinski definition) is 2. The third-order valence-corrected chi connectivity index (χ3v) is 3.24. The van der Waals surface area contributed by atoms with Crippen LogP contribution in [0.2, 0.25) is 0 Å². The molecule has 1 aromatic heterocycles. The summed E-state index contributed by atoms with van der Waals surface area (Å²) in [6.45, 7) is 2.34. The maximum absolute atomic E-state index is 9.94. The number of aliphatic hydroxyl groups is 1. The zero-order valence-electron chi connectivity index (χ0n) is 11.0. The van der Waals surface area contributed by atoms with Crippen LogP contribution in [0.1, 0.15) is 37.2 Å². The Morgan fingerprint density at radius 2 is 2.17 bits per heavy atom. The van der Waals surface area contributed by atoms with Gasteiger partial charge in [0.25, 0.3) is 0 Å². The van der Waals surface area contributed by atoms with Gasteiger partial charge in [-0.2, -0.15) is 0 Å². The van der Waals surface area contributed by atoms with Crippen molar-refractivity contribution in [3.8, 4) is 0 Å². The van der Waals surface area contributed by atoms with Crippen LogP contribution in [0.5, 0.6) is 0 Å². The molecule has 0 spiro atoms. The molecule has 0 aliphatic heterocycles. The minimum Gasteiger partial charge on any atom is -0.391 e. The van der Waals surface area contributed by atoms with E-state index in [1.807, 2.05) is 13.0 Å². The van der Waals surface area contributed by atoms with Crippen LogP contribution in [-0.4, -0.2) is 34.3 Å². The zero-order valence-corrected chi connectivity index (χ0v) is 11.0. The number of aliphatic hydroxyl groups excluding tert-OH is 1. The molecule has 18 heavy (non-hydrogen) atoms. The Bertz CT molecular complexity index is 398. The van der Waals surface area contributed by atoms with Crippen molar-refractivity contribution in [3.63, 3.8) is 0 Å². The van der Waals surface area contributed by atoms with Gasteiger partial charge in [-0.05, 0) is 19.8 Å². The maximum atomic E-state index is 9.94. The highest BCUT2D eigenvalue weighted by atomic mass is 16.5. The largest absolute Gasteiger partial charge is 0.391 e. The number of ether oxygens (including phenoxy) is 1. The molecule has 2 atom stereocenters. The second kappa shape index (κ2) is 6.11. The average molecular weight is 251 g/mol.